The number of esters is 1. The first-order valence-electron chi connectivity index (χ1n) is 7.85. The van der Waals surface area contributed by atoms with Gasteiger partial charge in [0.2, 0.25) is 5.91 Å². The van der Waals surface area contributed by atoms with Crippen LogP contribution in [-0.4, -0.2) is 43.0 Å². The molecular weight excluding hydrogens is 280 g/mol. The van der Waals surface area contributed by atoms with E-state index in [1.165, 1.54) is 6.42 Å². The Hall–Kier alpha value is -2.04. The van der Waals surface area contributed by atoms with E-state index in [1.54, 1.807) is 6.07 Å². The van der Waals surface area contributed by atoms with Gasteiger partial charge in [-0.2, -0.15) is 0 Å². The lowest BCUT2D eigenvalue weighted by atomic mass is 9.92. The van der Waals surface area contributed by atoms with Gasteiger partial charge in [0.15, 0.2) is 5.75 Å². The Labute approximate surface area is 130 Å². The van der Waals surface area contributed by atoms with Gasteiger partial charge in [0.05, 0.1) is 12.2 Å². The third-order valence-electron chi connectivity index (χ3n) is 4.30. The summed E-state index contributed by atoms with van der Waals surface area (Å²) in [5.74, 6) is 1.37. The minimum absolute atomic E-state index is 0.0860. The maximum absolute atomic E-state index is 12.6. The molecule has 2 atom stereocenters. The maximum atomic E-state index is 12.6. The molecule has 0 aliphatic carbocycles. The van der Waals surface area contributed by atoms with Gasteiger partial charge in [-0.05, 0) is 30.4 Å². The first kappa shape index (κ1) is 14.9. The van der Waals surface area contributed by atoms with Gasteiger partial charge < -0.3 is 14.5 Å². The normalized spacial score (nSPS) is 24.7. The number of hydrogen-bond donors (Lipinski definition) is 0. The zero-order valence-electron chi connectivity index (χ0n) is 13.1. The van der Waals surface area contributed by atoms with Crippen molar-refractivity contribution < 1.29 is 14.3 Å². The van der Waals surface area contributed by atoms with Crippen molar-refractivity contribution in [2.24, 2.45) is 11.8 Å². The van der Waals surface area contributed by atoms with Crippen molar-refractivity contribution in [1.82, 2.24) is 4.90 Å². The predicted octanol–water partition coefficient (Wildman–Crippen LogP) is 1.92. The predicted molar refractivity (Wildman–Crippen MR) is 83.8 cm³/mol. The number of hydrogen-bond acceptors (Lipinski definition) is 4. The Kier molecular flexibility index (Phi) is 4.05. The standard InChI is InChI=1S/C17H22N2O3/c1-12-7-13(2)9-19(8-12)16(20)10-18-11-17(21)22-15-6-4-3-5-14(15)18/h3-6,12-13H,7-11H2,1-2H3. The maximum Gasteiger partial charge on any atom is 0.331 e. The third-order valence-corrected chi connectivity index (χ3v) is 4.30. The molecule has 1 amide bonds. The second-order valence-corrected chi connectivity index (χ2v) is 6.54. The molecule has 2 unspecified atom stereocenters. The van der Waals surface area contributed by atoms with Gasteiger partial charge >= 0.3 is 5.97 Å². The minimum atomic E-state index is -0.313. The number of nitrogens with zero attached hydrogens (tertiary/aromatic N) is 2. The average molecular weight is 302 g/mol. The highest BCUT2D eigenvalue weighted by molar-refractivity contribution is 5.89. The van der Waals surface area contributed by atoms with Gasteiger partial charge in [-0.15, -0.1) is 0 Å². The summed E-state index contributed by atoms with van der Waals surface area (Å²) in [5, 5.41) is 0. The van der Waals surface area contributed by atoms with E-state index in [9.17, 15) is 9.59 Å². The highest BCUT2D eigenvalue weighted by atomic mass is 16.5. The Morgan fingerprint density at radius 1 is 1.23 bits per heavy atom. The van der Waals surface area contributed by atoms with E-state index < -0.39 is 0 Å². The number of fused-ring (bicyclic) bond motifs is 1. The van der Waals surface area contributed by atoms with Gasteiger partial charge in [0, 0.05) is 13.1 Å². The highest BCUT2D eigenvalue weighted by Gasteiger charge is 2.29. The summed E-state index contributed by atoms with van der Waals surface area (Å²) in [7, 11) is 0. The number of benzene rings is 1. The summed E-state index contributed by atoms with van der Waals surface area (Å²) >= 11 is 0. The quantitative estimate of drug-likeness (QED) is 0.618. The fourth-order valence-electron chi connectivity index (χ4n) is 3.47. The number of anilines is 1. The largest absolute Gasteiger partial charge is 0.423 e. The summed E-state index contributed by atoms with van der Waals surface area (Å²) < 4.78 is 5.22. The molecule has 3 rings (SSSR count). The van der Waals surface area contributed by atoms with E-state index in [0.29, 0.717) is 17.6 Å². The fraction of sp³-hybridized carbons (Fsp3) is 0.529. The van der Waals surface area contributed by atoms with E-state index >= 15 is 0 Å². The van der Waals surface area contributed by atoms with Crippen LogP contribution < -0.4 is 9.64 Å². The van der Waals surface area contributed by atoms with Crippen LogP contribution in [0.2, 0.25) is 0 Å². The second-order valence-electron chi connectivity index (χ2n) is 6.54. The highest BCUT2D eigenvalue weighted by Crippen LogP contribution is 2.31. The van der Waals surface area contributed by atoms with Crippen LogP contribution in [0.15, 0.2) is 24.3 Å². The lowest BCUT2D eigenvalue weighted by molar-refractivity contribution is -0.134. The van der Waals surface area contributed by atoms with Gasteiger partial charge in [0.25, 0.3) is 0 Å². The molecule has 2 aliphatic rings. The first-order chi connectivity index (χ1) is 10.5. The molecule has 2 aliphatic heterocycles. The Bertz CT molecular complexity index is 577. The fourth-order valence-corrected chi connectivity index (χ4v) is 3.47. The molecule has 5 heteroatoms. The van der Waals surface area contributed by atoms with Gasteiger partial charge in [-0.25, -0.2) is 4.79 Å². The van der Waals surface area contributed by atoms with E-state index in [4.69, 9.17) is 4.74 Å². The number of carbonyl (C=O) groups is 2. The Balaban J connectivity index is 1.73. The van der Waals surface area contributed by atoms with Crippen molar-refractivity contribution in [2.75, 3.05) is 31.1 Å². The van der Waals surface area contributed by atoms with E-state index in [2.05, 4.69) is 13.8 Å². The number of ether oxygens (including phenoxy) is 1. The SMILES string of the molecule is CC1CC(C)CN(C(=O)CN2CC(=O)Oc3ccccc32)C1. The van der Waals surface area contributed by atoms with Crippen molar-refractivity contribution in [1.29, 1.82) is 0 Å². The smallest absolute Gasteiger partial charge is 0.331 e. The lowest BCUT2D eigenvalue weighted by Gasteiger charge is -2.37. The minimum Gasteiger partial charge on any atom is -0.423 e. The number of rotatable bonds is 2. The van der Waals surface area contributed by atoms with Crippen molar-refractivity contribution in [3.63, 3.8) is 0 Å². The van der Waals surface area contributed by atoms with Crippen LogP contribution in [0, 0.1) is 11.8 Å². The first-order valence-corrected chi connectivity index (χ1v) is 7.85. The molecule has 0 N–H and O–H groups in total. The molecule has 0 spiro atoms. The molecule has 1 saturated heterocycles. The van der Waals surface area contributed by atoms with Crippen LogP contribution in [0.1, 0.15) is 20.3 Å². The van der Waals surface area contributed by atoms with Gasteiger partial charge in [-0.1, -0.05) is 26.0 Å². The van der Waals surface area contributed by atoms with Crippen LogP contribution in [-0.2, 0) is 9.59 Å². The van der Waals surface area contributed by atoms with Gasteiger partial charge in [0.1, 0.15) is 6.54 Å². The summed E-state index contributed by atoms with van der Waals surface area (Å²) in [6.07, 6.45) is 1.17. The zero-order valence-corrected chi connectivity index (χ0v) is 13.1. The van der Waals surface area contributed by atoms with Crippen molar-refractivity contribution >= 4 is 17.6 Å². The summed E-state index contributed by atoms with van der Waals surface area (Å²) in [6.45, 7) is 6.34. The van der Waals surface area contributed by atoms with Gasteiger partial charge in [-0.3, -0.25) is 4.79 Å². The monoisotopic (exact) mass is 302 g/mol. The van der Waals surface area contributed by atoms with Crippen LogP contribution in [0.4, 0.5) is 5.69 Å². The number of piperidine rings is 1. The molecule has 0 radical (unpaired) electrons. The molecule has 5 nitrogen and oxygen atoms in total. The van der Waals surface area contributed by atoms with Crippen molar-refractivity contribution in [3.8, 4) is 5.75 Å². The third kappa shape index (κ3) is 3.08. The molecule has 0 aromatic heterocycles. The number of para-hydroxylation sites is 2. The number of carbonyl (C=O) groups excluding carboxylic acids is 2. The summed E-state index contributed by atoms with van der Waals surface area (Å²) in [5.41, 5.74) is 0.813. The Morgan fingerprint density at radius 2 is 1.91 bits per heavy atom. The zero-order chi connectivity index (χ0) is 15.7. The topological polar surface area (TPSA) is 49.9 Å². The van der Waals surface area contributed by atoms with E-state index in [-0.39, 0.29) is 25.0 Å². The van der Waals surface area contributed by atoms with E-state index in [0.717, 1.165) is 18.8 Å². The molecule has 0 bridgehead atoms. The molecule has 118 valence electrons. The van der Waals surface area contributed by atoms with Crippen molar-refractivity contribution in [2.45, 2.75) is 20.3 Å². The number of likely N-dealkylation sites (tertiary alicyclic amines) is 1. The Morgan fingerprint density at radius 3 is 2.64 bits per heavy atom. The molecule has 1 fully saturated rings. The average Bonchev–Trinajstić information content (AvgIpc) is 2.46. The lowest BCUT2D eigenvalue weighted by Crippen LogP contribution is -2.49. The van der Waals surface area contributed by atoms with E-state index in [1.807, 2.05) is 28.0 Å². The molecule has 1 aromatic rings. The van der Waals surface area contributed by atoms with Crippen LogP contribution in [0.3, 0.4) is 0 Å². The molecule has 22 heavy (non-hydrogen) atoms. The number of amides is 1. The summed E-state index contributed by atoms with van der Waals surface area (Å²) in [4.78, 5) is 28.1. The molecule has 1 aromatic carbocycles. The second kappa shape index (κ2) is 5.99. The van der Waals surface area contributed by atoms with Crippen LogP contribution in [0.5, 0.6) is 5.75 Å². The molecular formula is C17H22N2O3. The summed E-state index contributed by atoms with van der Waals surface area (Å²) in [6, 6.07) is 7.36. The molecule has 0 saturated carbocycles. The van der Waals surface area contributed by atoms with Crippen molar-refractivity contribution in [3.05, 3.63) is 24.3 Å². The van der Waals surface area contributed by atoms with Crippen LogP contribution in [0.25, 0.3) is 0 Å². The molecule has 2 heterocycles. The van der Waals surface area contributed by atoms with Crippen LogP contribution >= 0.6 is 0 Å².